The fraction of sp³-hybridized carbons (Fsp3) is 0.176. The van der Waals surface area contributed by atoms with Gasteiger partial charge in [-0.2, -0.15) is 8.78 Å². The van der Waals surface area contributed by atoms with Gasteiger partial charge >= 0.3 is 5.97 Å². The van der Waals surface area contributed by atoms with Crippen LogP contribution in [0.15, 0.2) is 47.4 Å². The third-order valence-corrected chi connectivity index (χ3v) is 4.15. The van der Waals surface area contributed by atoms with Gasteiger partial charge in [0.2, 0.25) is 0 Å². The van der Waals surface area contributed by atoms with E-state index in [-0.39, 0.29) is 22.5 Å². The highest BCUT2D eigenvalue weighted by atomic mass is 32.2. The van der Waals surface area contributed by atoms with E-state index in [1.807, 2.05) is 0 Å². The van der Waals surface area contributed by atoms with Gasteiger partial charge in [0.15, 0.2) is 6.61 Å². The van der Waals surface area contributed by atoms with E-state index in [1.165, 1.54) is 49.4 Å². The number of benzene rings is 2. The molecule has 2 rings (SSSR count). The number of thioether (sulfide) groups is 1. The summed E-state index contributed by atoms with van der Waals surface area (Å²) in [5, 5.41) is 13.3. The van der Waals surface area contributed by atoms with Crippen LogP contribution in [0.3, 0.4) is 0 Å². The van der Waals surface area contributed by atoms with Gasteiger partial charge in [-0.3, -0.25) is 14.9 Å². The molecule has 142 valence electrons. The van der Waals surface area contributed by atoms with Crippen LogP contribution >= 0.6 is 11.8 Å². The predicted molar refractivity (Wildman–Crippen MR) is 95.0 cm³/mol. The van der Waals surface area contributed by atoms with Crippen LogP contribution in [0.5, 0.6) is 0 Å². The Morgan fingerprint density at radius 2 is 1.89 bits per heavy atom. The molecule has 0 atom stereocenters. The SMILES string of the molecule is Cc1c(NC(=O)COC(=O)c2ccc(SC(F)F)cc2)cccc1[N+](=O)[O-]. The average molecular weight is 396 g/mol. The number of alkyl halides is 2. The Hall–Kier alpha value is -3.01. The minimum absolute atomic E-state index is 0.105. The van der Waals surface area contributed by atoms with Crippen molar-refractivity contribution in [1.29, 1.82) is 0 Å². The molecule has 7 nitrogen and oxygen atoms in total. The molecule has 0 aromatic heterocycles. The van der Waals surface area contributed by atoms with Gasteiger partial charge in [0.05, 0.1) is 21.7 Å². The minimum Gasteiger partial charge on any atom is -0.452 e. The Morgan fingerprint density at radius 1 is 1.22 bits per heavy atom. The summed E-state index contributed by atoms with van der Waals surface area (Å²) in [6.45, 7) is 0.882. The van der Waals surface area contributed by atoms with E-state index in [0.717, 1.165) is 0 Å². The number of nitro groups is 1. The molecule has 0 bridgehead atoms. The van der Waals surface area contributed by atoms with E-state index in [1.54, 1.807) is 0 Å². The fourth-order valence-corrected chi connectivity index (χ4v) is 2.63. The molecular formula is C17H14F2N2O5S. The second kappa shape index (κ2) is 9.08. The van der Waals surface area contributed by atoms with Crippen molar-refractivity contribution in [2.24, 2.45) is 0 Å². The zero-order valence-electron chi connectivity index (χ0n) is 14.0. The summed E-state index contributed by atoms with van der Waals surface area (Å²) < 4.78 is 29.4. The number of ether oxygens (including phenoxy) is 1. The molecule has 2 aromatic carbocycles. The van der Waals surface area contributed by atoms with Crippen molar-refractivity contribution in [3.05, 3.63) is 63.7 Å². The van der Waals surface area contributed by atoms with E-state index in [9.17, 15) is 28.5 Å². The summed E-state index contributed by atoms with van der Waals surface area (Å²) in [5.41, 5.74) is 0.465. The van der Waals surface area contributed by atoms with Crippen LogP contribution in [0.2, 0.25) is 0 Å². The number of halogens is 2. The van der Waals surface area contributed by atoms with Crippen molar-refractivity contribution in [2.45, 2.75) is 17.6 Å². The van der Waals surface area contributed by atoms with Crippen molar-refractivity contribution < 1.29 is 28.0 Å². The van der Waals surface area contributed by atoms with Gasteiger partial charge in [-0.05, 0) is 37.3 Å². The van der Waals surface area contributed by atoms with E-state index >= 15 is 0 Å². The Kier molecular flexibility index (Phi) is 6.83. The first-order chi connectivity index (χ1) is 12.8. The van der Waals surface area contributed by atoms with Crippen molar-refractivity contribution in [1.82, 2.24) is 0 Å². The fourth-order valence-electron chi connectivity index (χ4n) is 2.13. The van der Waals surface area contributed by atoms with Crippen molar-refractivity contribution >= 4 is 35.0 Å². The Balaban J connectivity index is 1.93. The monoisotopic (exact) mass is 396 g/mol. The van der Waals surface area contributed by atoms with Gasteiger partial charge in [-0.25, -0.2) is 4.79 Å². The standard InChI is InChI=1S/C17H14F2N2O5S/c1-10-13(3-2-4-14(10)21(24)25)20-15(22)9-26-16(23)11-5-7-12(8-6-11)27-17(18)19/h2-8,17H,9H2,1H3,(H,20,22). The molecule has 2 aromatic rings. The van der Waals surface area contributed by atoms with Crippen LogP contribution in [0.4, 0.5) is 20.2 Å². The third kappa shape index (κ3) is 5.74. The number of hydrogen-bond acceptors (Lipinski definition) is 6. The van der Waals surface area contributed by atoms with Crippen LogP contribution in [0.25, 0.3) is 0 Å². The number of nitro benzene ring substituents is 1. The average Bonchev–Trinajstić information content (AvgIpc) is 2.61. The summed E-state index contributed by atoms with van der Waals surface area (Å²) >= 11 is 0.345. The summed E-state index contributed by atoms with van der Waals surface area (Å²) in [7, 11) is 0. The molecule has 0 unspecified atom stereocenters. The van der Waals surface area contributed by atoms with Gasteiger partial charge in [-0.1, -0.05) is 17.8 Å². The van der Waals surface area contributed by atoms with Crippen molar-refractivity contribution in [3.63, 3.8) is 0 Å². The lowest BCUT2D eigenvalue weighted by Crippen LogP contribution is -2.21. The minimum atomic E-state index is -2.57. The molecule has 1 N–H and O–H groups in total. The van der Waals surface area contributed by atoms with E-state index in [4.69, 9.17) is 4.74 Å². The molecule has 10 heteroatoms. The number of rotatable bonds is 7. The van der Waals surface area contributed by atoms with Crippen molar-refractivity contribution in [3.8, 4) is 0 Å². The topological polar surface area (TPSA) is 98.5 Å². The zero-order chi connectivity index (χ0) is 20.0. The number of carbonyl (C=O) groups is 2. The molecule has 27 heavy (non-hydrogen) atoms. The molecule has 0 heterocycles. The number of nitrogens with one attached hydrogen (secondary N) is 1. The second-order valence-electron chi connectivity index (χ2n) is 5.23. The van der Waals surface area contributed by atoms with Crippen LogP contribution < -0.4 is 5.32 Å². The highest BCUT2D eigenvalue weighted by Gasteiger charge is 2.16. The summed E-state index contributed by atoms with van der Waals surface area (Å²) in [4.78, 5) is 34.4. The maximum atomic E-state index is 12.3. The number of nitrogens with zero attached hydrogens (tertiary/aromatic N) is 1. The molecule has 0 aliphatic rings. The van der Waals surface area contributed by atoms with Gasteiger partial charge in [0.1, 0.15) is 0 Å². The van der Waals surface area contributed by atoms with Gasteiger partial charge in [0.25, 0.3) is 17.4 Å². The van der Waals surface area contributed by atoms with Crippen LogP contribution in [-0.2, 0) is 9.53 Å². The summed E-state index contributed by atoms with van der Waals surface area (Å²) in [6.07, 6.45) is 0. The van der Waals surface area contributed by atoms with Gasteiger partial charge < -0.3 is 10.1 Å². The molecule has 0 saturated carbocycles. The molecule has 0 fully saturated rings. The highest BCUT2D eigenvalue weighted by molar-refractivity contribution is 7.99. The first-order valence-corrected chi connectivity index (χ1v) is 8.41. The summed E-state index contributed by atoms with van der Waals surface area (Å²) in [5.74, 6) is -4.03. The lowest BCUT2D eigenvalue weighted by Gasteiger charge is -2.09. The second-order valence-corrected chi connectivity index (χ2v) is 6.30. The molecule has 0 spiro atoms. The molecule has 0 aliphatic carbocycles. The number of esters is 1. The van der Waals surface area contributed by atoms with E-state index in [0.29, 0.717) is 16.7 Å². The normalized spacial score (nSPS) is 10.5. The van der Waals surface area contributed by atoms with Crippen LogP contribution in [-0.4, -0.2) is 29.2 Å². The maximum absolute atomic E-state index is 12.3. The first kappa shape index (κ1) is 20.3. The number of carbonyl (C=O) groups excluding carboxylic acids is 2. The first-order valence-electron chi connectivity index (χ1n) is 7.54. The van der Waals surface area contributed by atoms with E-state index in [2.05, 4.69) is 5.32 Å². The maximum Gasteiger partial charge on any atom is 0.338 e. The zero-order valence-corrected chi connectivity index (χ0v) is 14.8. The quantitative estimate of drug-likeness (QED) is 0.329. The summed E-state index contributed by atoms with van der Waals surface area (Å²) in [6, 6.07) is 9.54. The van der Waals surface area contributed by atoms with Crippen LogP contribution in [0.1, 0.15) is 15.9 Å². The van der Waals surface area contributed by atoms with E-state index < -0.39 is 29.2 Å². The molecule has 1 amide bonds. The lowest BCUT2D eigenvalue weighted by molar-refractivity contribution is -0.385. The van der Waals surface area contributed by atoms with Gasteiger partial charge in [-0.15, -0.1) is 0 Å². The Labute approximate surface area is 156 Å². The van der Waals surface area contributed by atoms with Crippen LogP contribution in [0, 0.1) is 17.0 Å². The smallest absolute Gasteiger partial charge is 0.338 e. The largest absolute Gasteiger partial charge is 0.452 e. The number of amides is 1. The lowest BCUT2D eigenvalue weighted by atomic mass is 10.1. The third-order valence-electron chi connectivity index (χ3n) is 3.43. The van der Waals surface area contributed by atoms with Gasteiger partial charge in [0, 0.05) is 11.0 Å². The predicted octanol–water partition coefficient (Wildman–Crippen LogP) is 4.01. The molecule has 0 radical (unpaired) electrons. The molecule has 0 saturated heterocycles. The van der Waals surface area contributed by atoms with Crippen molar-refractivity contribution in [2.75, 3.05) is 11.9 Å². The number of anilines is 1. The molecular weight excluding hydrogens is 382 g/mol. The number of hydrogen-bond donors (Lipinski definition) is 1. The molecule has 0 aliphatic heterocycles. The highest BCUT2D eigenvalue weighted by Crippen LogP contribution is 2.26. The Morgan fingerprint density at radius 3 is 2.48 bits per heavy atom. The Bertz CT molecular complexity index is 859.